The largest absolute Gasteiger partial charge is 0.377 e. The first-order chi connectivity index (χ1) is 8.04. The molecular weight excluding hydrogens is 302 g/mol. The summed E-state index contributed by atoms with van der Waals surface area (Å²) in [7, 11) is 0. The molecule has 17 heavy (non-hydrogen) atoms. The van der Waals surface area contributed by atoms with Gasteiger partial charge in [-0.15, -0.1) is 11.6 Å². The highest BCUT2D eigenvalue weighted by Crippen LogP contribution is 2.32. The molecule has 2 nitrogen and oxygen atoms in total. The Morgan fingerprint density at radius 2 is 2.24 bits per heavy atom. The molecule has 0 N–H and O–H groups in total. The minimum Gasteiger partial charge on any atom is -0.377 e. The molecular formula is C13H17BrClNO. The molecule has 0 saturated carbocycles. The number of benzene rings is 1. The molecule has 0 bridgehead atoms. The second-order valence-corrected chi connectivity index (χ2v) is 6.11. The van der Waals surface area contributed by atoms with Crippen molar-refractivity contribution in [3.8, 4) is 0 Å². The lowest BCUT2D eigenvalue weighted by Gasteiger charge is -2.44. The molecule has 1 aromatic rings. The van der Waals surface area contributed by atoms with Gasteiger partial charge in [0.25, 0.3) is 0 Å². The first-order valence-electron chi connectivity index (χ1n) is 5.74. The Bertz CT molecular complexity index is 408. The molecule has 94 valence electrons. The topological polar surface area (TPSA) is 12.5 Å². The molecule has 0 amide bonds. The van der Waals surface area contributed by atoms with Crippen LogP contribution in [0.2, 0.25) is 0 Å². The number of alkyl halides is 1. The summed E-state index contributed by atoms with van der Waals surface area (Å²) in [5.74, 6) is 0.530. The number of rotatable bonds is 2. The van der Waals surface area contributed by atoms with Gasteiger partial charge in [0.1, 0.15) is 0 Å². The van der Waals surface area contributed by atoms with Crippen molar-refractivity contribution >= 4 is 33.2 Å². The summed E-state index contributed by atoms with van der Waals surface area (Å²) in [6, 6.07) is 6.29. The van der Waals surface area contributed by atoms with Crippen LogP contribution in [0.3, 0.4) is 0 Å². The molecule has 4 heteroatoms. The monoisotopic (exact) mass is 317 g/mol. The van der Waals surface area contributed by atoms with Crippen LogP contribution in [0.15, 0.2) is 22.7 Å². The third kappa shape index (κ3) is 2.78. The second-order valence-electron chi connectivity index (χ2n) is 4.92. The minimum absolute atomic E-state index is 0.0207. The van der Waals surface area contributed by atoms with Crippen molar-refractivity contribution in [1.29, 1.82) is 0 Å². The first-order valence-corrected chi connectivity index (χ1v) is 7.07. The molecule has 1 aliphatic heterocycles. The lowest BCUT2D eigenvalue weighted by Crippen LogP contribution is -2.53. The van der Waals surface area contributed by atoms with E-state index in [2.05, 4.69) is 52.9 Å². The average Bonchev–Trinajstić information content (AvgIpc) is 2.29. The molecule has 1 aliphatic rings. The fourth-order valence-corrected chi connectivity index (χ4v) is 2.85. The van der Waals surface area contributed by atoms with Gasteiger partial charge in [0.15, 0.2) is 0 Å². The third-order valence-corrected chi connectivity index (χ3v) is 3.90. The zero-order valence-corrected chi connectivity index (χ0v) is 12.5. The van der Waals surface area contributed by atoms with E-state index in [1.165, 1.54) is 5.69 Å². The maximum Gasteiger partial charge on any atom is 0.0694 e. The highest BCUT2D eigenvalue weighted by atomic mass is 79.9. The number of morpholine rings is 1. The standard InChI is InChI=1S/C13H17BrClNO/c1-13(2)9-17-6-5-16(13)12-4-3-11(14)7-10(12)8-15/h3-4,7H,5-6,8-9H2,1-2H3. The second kappa shape index (κ2) is 5.17. The molecule has 0 aliphatic carbocycles. The minimum atomic E-state index is 0.0207. The highest BCUT2D eigenvalue weighted by Gasteiger charge is 2.31. The number of hydrogen-bond acceptors (Lipinski definition) is 2. The number of ether oxygens (including phenoxy) is 1. The van der Waals surface area contributed by atoms with Crippen LogP contribution in [0.25, 0.3) is 0 Å². The van der Waals surface area contributed by atoms with Gasteiger partial charge in [-0.05, 0) is 37.6 Å². The van der Waals surface area contributed by atoms with E-state index in [9.17, 15) is 0 Å². The van der Waals surface area contributed by atoms with Crippen LogP contribution < -0.4 is 4.90 Å². The van der Waals surface area contributed by atoms with Crippen molar-refractivity contribution in [2.75, 3.05) is 24.7 Å². The van der Waals surface area contributed by atoms with Gasteiger partial charge in [-0.3, -0.25) is 0 Å². The van der Waals surface area contributed by atoms with Crippen molar-refractivity contribution in [3.05, 3.63) is 28.2 Å². The van der Waals surface area contributed by atoms with Crippen LogP contribution >= 0.6 is 27.5 Å². The normalized spacial score (nSPS) is 19.4. The smallest absolute Gasteiger partial charge is 0.0694 e. The maximum atomic E-state index is 6.04. The Labute approximate surface area is 116 Å². The summed E-state index contributed by atoms with van der Waals surface area (Å²) in [4.78, 5) is 2.39. The van der Waals surface area contributed by atoms with Crippen LogP contribution in [-0.2, 0) is 10.6 Å². The summed E-state index contributed by atoms with van der Waals surface area (Å²) >= 11 is 9.53. The summed E-state index contributed by atoms with van der Waals surface area (Å²) < 4.78 is 6.62. The van der Waals surface area contributed by atoms with Gasteiger partial charge in [0.2, 0.25) is 0 Å². The van der Waals surface area contributed by atoms with E-state index in [1.54, 1.807) is 0 Å². The fraction of sp³-hybridized carbons (Fsp3) is 0.538. The number of halogens is 2. The van der Waals surface area contributed by atoms with E-state index in [4.69, 9.17) is 16.3 Å². The summed E-state index contributed by atoms with van der Waals surface area (Å²) in [6.07, 6.45) is 0. The van der Waals surface area contributed by atoms with Crippen molar-refractivity contribution in [1.82, 2.24) is 0 Å². The Hall–Kier alpha value is -0.250. The van der Waals surface area contributed by atoms with E-state index in [0.29, 0.717) is 5.88 Å². The van der Waals surface area contributed by atoms with Gasteiger partial charge in [-0.25, -0.2) is 0 Å². The molecule has 1 aromatic carbocycles. The van der Waals surface area contributed by atoms with Crippen molar-refractivity contribution in [3.63, 3.8) is 0 Å². The molecule has 1 heterocycles. The molecule has 0 atom stereocenters. The molecule has 0 aromatic heterocycles. The molecule has 0 radical (unpaired) electrons. The maximum absolute atomic E-state index is 6.04. The van der Waals surface area contributed by atoms with Crippen LogP contribution in [0.1, 0.15) is 19.4 Å². The molecule has 2 rings (SSSR count). The van der Waals surface area contributed by atoms with Crippen LogP contribution in [-0.4, -0.2) is 25.3 Å². The van der Waals surface area contributed by atoms with E-state index in [1.807, 2.05) is 0 Å². The van der Waals surface area contributed by atoms with Crippen molar-refractivity contribution < 1.29 is 4.74 Å². The highest BCUT2D eigenvalue weighted by molar-refractivity contribution is 9.10. The zero-order chi connectivity index (χ0) is 12.5. The van der Waals surface area contributed by atoms with Gasteiger partial charge >= 0.3 is 0 Å². The summed E-state index contributed by atoms with van der Waals surface area (Å²) in [6.45, 7) is 6.85. The average molecular weight is 319 g/mol. The Morgan fingerprint density at radius 3 is 2.88 bits per heavy atom. The fourth-order valence-electron chi connectivity index (χ4n) is 2.23. The molecule has 1 fully saturated rings. The summed E-state index contributed by atoms with van der Waals surface area (Å²) in [5.41, 5.74) is 2.40. The lowest BCUT2D eigenvalue weighted by atomic mass is 10.00. The van der Waals surface area contributed by atoms with E-state index < -0.39 is 0 Å². The Morgan fingerprint density at radius 1 is 1.47 bits per heavy atom. The number of nitrogens with zero attached hydrogens (tertiary/aromatic N) is 1. The van der Waals surface area contributed by atoms with E-state index in [-0.39, 0.29) is 5.54 Å². The van der Waals surface area contributed by atoms with Crippen LogP contribution in [0.5, 0.6) is 0 Å². The number of anilines is 1. The Kier molecular flexibility index (Phi) is 4.01. The van der Waals surface area contributed by atoms with E-state index in [0.717, 1.165) is 29.8 Å². The van der Waals surface area contributed by atoms with Crippen LogP contribution in [0, 0.1) is 0 Å². The number of hydrogen-bond donors (Lipinski definition) is 0. The van der Waals surface area contributed by atoms with Crippen molar-refractivity contribution in [2.45, 2.75) is 25.3 Å². The first kappa shape index (κ1) is 13.2. The van der Waals surface area contributed by atoms with Gasteiger partial charge < -0.3 is 9.64 Å². The van der Waals surface area contributed by atoms with E-state index >= 15 is 0 Å². The summed E-state index contributed by atoms with van der Waals surface area (Å²) in [5, 5.41) is 0. The molecule has 0 spiro atoms. The zero-order valence-electron chi connectivity index (χ0n) is 10.2. The Balaban J connectivity index is 2.38. The molecule has 1 saturated heterocycles. The third-order valence-electron chi connectivity index (χ3n) is 3.12. The quantitative estimate of drug-likeness (QED) is 0.769. The molecule has 0 unspecified atom stereocenters. The van der Waals surface area contributed by atoms with Crippen molar-refractivity contribution in [2.24, 2.45) is 0 Å². The van der Waals surface area contributed by atoms with Gasteiger partial charge in [0, 0.05) is 22.6 Å². The predicted molar refractivity (Wildman–Crippen MR) is 75.9 cm³/mol. The van der Waals surface area contributed by atoms with Gasteiger partial charge in [0.05, 0.1) is 18.8 Å². The predicted octanol–water partition coefficient (Wildman–Crippen LogP) is 3.80. The SMILES string of the molecule is CC1(C)COCCN1c1ccc(Br)cc1CCl. The van der Waals surface area contributed by atoms with Crippen LogP contribution in [0.4, 0.5) is 5.69 Å². The van der Waals surface area contributed by atoms with Gasteiger partial charge in [-0.1, -0.05) is 15.9 Å². The lowest BCUT2D eigenvalue weighted by molar-refractivity contribution is 0.0643. The van der Waals surface area contributed by atoms with Gasteiger partial charge in [-0.2, -0.15) is 0 Å².